The van der Waals surface area contributed by atoms with E-state index in [1.165, 1.54) is 0 Å². The van der Waals surface area contributed by atoms with Gasteiger partial charge in [0.15, 0.2) is 0 Å². The topological polar surface area (TPSA) is 24.9 Å². The Kier molecular flexibility index (Phi) is 4.75. The molecule has 0 aromatic heterocycles. The lowest BCUT2D eigenvalue weighted by atomic mass is 10.0. The van der Waals surface area contributed by atoms with Crippen molar-refractivity contribution in [2.24, 2.45) is 0 Å². The average molecular weight is 286 g/mol. The highest BCUT2D eigenvalue weighted by Gasteiger charge is 2.60. The Bertz CT molecular complexity index is 310. The van der Waals surface area contributed by atoms with E-state index in [9.17, 15) is 0 Å². The number of hydrogen-bond acceptors (Lipinski definition) is 4. The Labute approximate surface area is 119 Å². The lowest BCUT2D eigenvalue weighted by molar-refractivity contribution is 0.0733. The van der Waals surface area contributed by atoms with Crippen LogP contribution in [-0.4, -0.2) is 43.3 Å². The first-order valence-electron chi connectivity index (χ1n) is 7.09. The van der Waals surface area contributed by atoms with Gasteiger partial charge in [0.2, 0.25) is 0 Å². The van der Waals surface area contributed by atoms with Gasteiger partial charge in [-0.05, 0) is 40.5 Å². The molecule has 1 rings (SSSR count). The summed E-state index contributed by atoms with van der Waals surface area (Å²) in [6.07, 6.45) is 6.36. The zero-order valence-corrected chi connectivity index (χ0v) is 14.8. The molecule has 0 unspecified atom stereocenters. The van der Waals surface area contributed by atoms with Crippen LogP contribution in [0.2, 0.25) is 0 Å². The zero-order valence-electron chi connectivity index (χ0n) is 13.8. The molecule has 4 nitrogen and oxygen atoms in total. The summed E-state index contributed by atoms with van der Waals surface area (Å²) >= 11 is 0. The third-order valence-corrected chi connectivity index (χ3v) is 8.33. The Morgan fingerprint density at radius 1 is 0.842 bits per heavy atom. The Morgan fingerprint density at radius 3 is 1.37 bits per heavy atom. The first kappa shape index (κ1) is 16.5. The lowest BCUT2D eigenvalue weighted by Crippen LogP contribution is -2.71. The van der Waals surface area contributed by atoms with E-state index in [1.807, 2.05) is 0 Å². The van der Waals surface area contributed by atoms with Crippen LogP contribution in [0.1, 0.15) is 54.4 Å². The first-order valence-corrected chi connectivity index (χ1v) is 8.80. The van der Waals surface area contributed by atoms with Crippen molar-refractivity contribution in [3.63, 3.8) is 0 Å². The normalized spacial score (nSPS) is 19.4. The van der Waals surface area contributed by atoms with Crippen LogP contribution in [0.3, 0.4) is 0 Å². The standard InChI is InChI=1S/C14H30N2O2Si/c1-9-13(3,4)15-11-12-16(14(5,6)10-2)19(15,17-7)18-8/h11-12H,9-10H2,1-8H3. The van der Waals surface area contributed by atoms with Crippen molar-refractivity contribution in [1.82, 2.24) is 9.13 Å². The van der Waals surface area contributed by atoms with E-state index in [2.05, 4.69) is 63.1 Å². The minimum Gasteiger partial charge on any atom is -0.365 e. The van der Waals surface area contributed by atoms with Crippen LogP contribution in [0.4, 0.5) is 0 Å². The van der Waals surface area contributed by atoms with Crippen LogP contribution in [0.25, 0.3) is 0 Å². The molecule has 0 fully saturated rings. The van der Waals surface area contributed by atoms with Crippen LogP contribution in [-0.2, 0) is 8.85 Å². The molecule has 0 N–H and O–H groups in total. The van der Waals surface area contributed by atoms with E-state index in [1.54, 1.807) is 14.2 Å². The molecule has 5 heteroatoms. The highest BCUT2D eigenvalue weighted by Crippen LogP contribution is 2.38. The van der Waals surface area contributed by atoms with E-state index in [4.69, 9.17) is 8.85 Å². The molecule has 0 aromatic carbocycles. The van der Waals surface area contributed by atoms with Crippen molar-refractivity contribution in [2.75, 3.05) is 14.2 Å². The van der Waals surface area contributed by atoms with Crippen LogP contribution >= 0.6 is 0 Å². The maximum Gasteiger partial charge on any atom is 0.588 e. The number of hydrogen-bond donors (Lipinski definition) is 0. The Morgan fingerprint density at radius 2 is 1.16 bits per heavy atom. The Hall–Kier alpha value is -0.523. The van der Waals surface area contributed by atoms with Crippen LogP contribution < -0.4 is 0 Å². The van der Waals surface area contributed by atoms with Gasteiger partial charge in [-0.15, -0.1) is 0 Å². The van der Waals surface area contributed by atoms with Gasteiger partial charge in [-0.2, -0.15) is 0 Å². The fourth-order valence-corrected chi connectivity index (χ4v) is 5.97. The van der Waals surface area contributed by atoms with Gasteiger partial charge < -0.3 is 18.0 Å². The molecule has 0 aromatic rings. The second-order valence-electron chi connectivity index (χ2n) is 6.33. The molecule has 0 radical (unpaired) electrons. The molecule has 0 amide bonds. The fourth-order valence-electron chi connectivity index (χ4n) is 2.42. The highest BCUT2D eigenvalue weighted by atomic mass is 28.4. The van der Waals surface area contributed by atoms with E-state index >= 15 is 0 Å². The lowest BCUT2D eigenvalue weighted by Gasteiger charge is -2.50. The van der Waals surface area contributed by atoms with E-state index in [-0.39, 0.29) is 11.1 Å². The third-order valence-electron chi connectivity index (χ3n) is 4.54. The largest absolute Gasteiger partial charge is 0.588 e. The molecule has 1 heterocycles. The summed E-state index contributed by atoms with van der Waals surface area (Å²) in [7, 11) is 0.932. The second kappa shape index (κ2) is 5.46. The van der Waals surface area contributed by atoms with Crippen molar-refractivity contribution in [3.8, 4) is 0 Å². The molecule has 1 aliphatic heterocycles. The quantitative estimate of drug-likeness (QED) is 0.700. The van der Waals surface area contributed by atoms with Crippen LogP contribution in [0, 0.1) is 0 Å². The van der Waals surface area contributed by atoms with Crippen molar-refractivity contribution in [2.45, 2.75) is 65.5 Å². The van der Waals surface area contributed by atoms with Crippen molar-refractivity contribution in [3.05, 3.63) is 12.4 Å². The second-order valence-corrected chi connectivity index (χ2v) is 9.20. The van der Waals surface area contributed by atoms with Crippen LogP contribution in [0.15, 0.2) is 12.4 Å². The fraction of sp³-hybridized carbons (Fsp3) is 0.857. The minimum atomic E-state index is -2.60. The monoisotopic (exact) mass is 286 g/mol. The molecule has 112 valence electrons. The van der Waals surface area contributed by atoms with Gasteiger partial charge in [-0.3, -0.25) is 0 Å². The summed E-state index contributed by atoms with van der Waals surface area (Å²) in [5.41, 5.74) is 0.0423. The summed E-state index contributed by atoms with van der Waals surface area (Å²) in [5.74, 6) is 0. The van der Waals surface area contributed by atoms with Crippen molar-refractivity contribution >= 4 is 8.88 Å². The minimum absolute atomic E-state index is 0.0211. The van der Waals surface area contributed by atoms with E-state index < -0.39 is 8.88 Å². The summed E-state index contributed by atoms with van der Waals surface area (Å²) in [6.45, 7) is 13.3. The van der Waals surface area contributed by atoms with Gasteiger partial charge in [-0.25, -0.2) is 0 Å². The molecule has 0 atom stereocenters. The number of rotatable bonds is 6. The smallest absolute Gasteiger partial charge is 0.365 e. The molecular formula is C14H30N2O2Si. The zero-order chi connectivity index (χ0) is 14.9. The molecule has 0 aliphatic carbocycles. The molecule has 0 spiro atoms. The number of nitrogens with zero attached hydrogens (tertiary/aromatic N) is 2. The van der Waals surface area contributed by atoms with E-state index in [0.717, 1.165) is 12.8 Å². The van der Waals surface area contributed by atoms with Crippen LogP contribution in [0.5, 0.6) is 0 Å². The summed E-state index contributed by atoms with van der Waals surface area (Å²) in [4.78, 5) is 0. The van der Waals surface area contributed by atoms with Crippen molar-refractivity contribution < 1.29 is 8.85 Å². The van der Waals surface area contributed by atoms with Gasteiger partial charge in [-0.1, -0.05) is 13.8 Å². The molecule has 0 saturated carbocycles. The third kappa shape index (κ3) is 2.56. The molecule has 0 saturated heterocycles. The highest BCUT2D eigenvalue weighted by molar-refractivity contribution is 6.63. The molecule has 0 bridgehead atoms. The summed E-state index contributed by atoms with van der Waals surface area (Å²) in [6, 6.07) is 0. The van der Waals surface area contributed by atoms with Gasteiger partial charge >= 0.3 is 8.88 Å². The average Bonchev–Trinajstić information content (AvgIpc) is 2.79. The maximum atomic E-state index is 5.96. The predicted molar refractivity (Wildman–Crippen MR) is 81.3 cm³/mol. The molecular weight excluding hydrogens is 256 g/mol. The molecule has 19 heavy (non-hydrogen) atoms. The van der Waals surface area contributed by atoms with Crippen molar-refractivity contribution in [1.29, 1.82) is 0 Å². The maximum absolute atomic E-state index is 5.96. The summed E-state index contributed by atoms with van der Waals surface area (Å²) in [5, 5.41) is 0. The van der Waals surface area contributed by atoms with E-state index in [0.29, 0.717) is 0 Å². The summed E-state index contributed by atoms with van der Waals surface area (Å²) < 4.78 is 16.5. The first-order chi connectivity index (χ1) is 8.71. The van der Waals surface area contributed by atoms with Gasteiger partial charge in [0, 0.05) is 37.7 Å². The SMILES string of the molecule is CCC(C)(C)N1C=CN(C(C)(C)CC)[Si]1(OC)OC. The molecule has 1 aliphatic rings. The predicted octanol–water partition coefficient (Wildman–Crippen LogP) is 3.18. The Balaban J connectivity index is 3.24. The van der Waals surface area contributed by atoms with Gasteiger partial charge in [0.25, 0.3) is 0 Å². The van der Waals surface area contributed by atoms with Gasteiger partial charge in [0.05, 0.1) is 0 Å². The van der Waals surface area contributed by atoms with Gasteiger partial charge in [0.1, 0.15) is 0 Å².